The third-order valence-electron chi connectivity index (χ3n) is 3.56. The number of nitrogens with one attached hydrogen (secondary N) is 1. The predicted octanol–water partition coefficient (Wildman–Crippen LogP) is 5.25. The van der Waals surface area contributed by atoms with Gasteiger partial charge in [-0.25, -0.2) is 0 Å². The molecule has 0 spiro atoms. The van der Waals surface area contributed by atoms with E-state index in [9.17, 15) is 4.79 Å². The largest absolute Gasteiger partial charge is 0.383 e. The zero-order valence-electron chi connectivity index (χ0n) is 15.0. The van der Waals surface area contributed by atoms with Crippen LogP contribution in [0.15, 0.2) is 48.5 Å². The van der Waals surface area contributed by atoms with Gasteiger partial charge in [-0.15, -0.1) is 0 Å². The highest BCUT2D eigenvalue weighted by molar-refractivity contribution is 6.31. The van der Waals surface area contributed by atoms with Crippen LogP contribution in [0.3, 0.4) is 0 Å². The Morgan fingerprint density at radius 1 is 1.12 bits per heavy atom. The second-order valence-corrected chi connectivity index (χ2v) is 5.55. The molecule has 24 heavy (non-hydrogen) atoms. The van der Waals surface area contributed by atoms with Crippen molar-refractivity contribution in [2.75, 3.05) is 25.0 Å². The highest BCUT2D eigenvalue weighted by Crippen LogP contribution is 2.17. The van der Waals surface area contributed by atoms with E-state index < -0.39 is 0 Å². The molecule has 0 bridgehead atoms. The molecule has 2 aromatic carbocycles. The van der Waals surface area contributed by atoms with Crippen LogP contribution in [0.1, 0.15) is 36.7 Å². The highest BCUT2D eigenvalue weighted by Gasteiger charge is 2.14. The van der Waals surface area contributed by atoms with Crippen LogP contribution in [0.2, 0.25) is 5.02 Å². The van der Waals surface area contributed by atoms with Gasteiger partial charge in [0.1, 0.15) is 0 Å². The van der Waals surface area contributed by atoms with Crippen molar-refractivity contribution in [3.63, 3.8) is 0 Å². The van der Waals surface area contributed by atoms with Crippen LogP contribution < -0.4 is 5.32 Å². The van der Waals surface area contributed by atoms with E-state index in [0.29, 0.717) is 23.7 Å². The summed E-state index contributed by atoms with van der Waals surface area (Å²) in [4.78, 5) is 14.4. The molecule has 0 aliphatic rings. The number of para-hydroxylation sites is 1. The summed E-state index contributed by atoms with van der Waals surface area (Å²) in [5.74, 6) is 0.0390. The van der Waals surface area contributed by atoms with Gasteiger partial charge < -0.3 is 10.2 Å². The fourth-order valence-electron chi connectivity index (χ4n) is 2.25. The van der Waals surface area contributed by atoms with Gasteiger partial charge in [-0.3, -0.25) is 4.79 Å². The Bertz CT molecular complexity index is 629. The first-order chi connectivity index (χ1) is 11.6. The molecule has 0 saturated carbocycles. The molecule has 3 nitrogen and oxygen atoms in total. The molecule has 2 aromatic rings. The normalized spacial score (nSPS) is 9.71. The maximum atomic E-state index is 12.5. The Hall–Kier alpha value is -2.00. The van der Waals surface area contributed by atoms with Crippen molar-refractivity contribution in [1.82, 2.24) is 4.90 Å². The summed E-state index contributed by atoms with van der Waals surface area (Å²) in [6, 6.07) is 15.4. The SMILES string of the molecule is CC.CCN(CCNc1ccccc1)C(=O)c1ccc(Cl)c(C)c1. The van der Waals surface area contributed by atoms with Crippen molar-refractivity contribution in [1.29, 1.82) is 0 Å². The molecule has 0 radical (unpaired) electrons. The minimum atomic E-state index is 0.0390. The molecule has 4 heteroatoms. The number of benzene rings is 2. The van der Waals surface area contributed by atoms with Gasteiger partial charge in [-0.1, -0.05) is 43.6 Å². The first-order valence-corrected chi connectivity index (χ1v) is 8.84. The monoisotopic (exact) mass is 346 g/mol. The molecule has 1 amide bonds. The zero-order valence-corrected chi connectivity index (χ0v) is 15.7. The molecule has 0 unspecified atom stereocenters. The van der Waals surface area contributed by atoms with Crippen molar-refractivity contribution in [2.45, 2.75) is 27.7 Å². The van der Waals surface area contributed by atoms with E-state index in [1.165, 1.54) is 0 Å². The van der Waals surface area contributed by atoms with E-state index in [4.69, 9.17) is 11.6 Å². The Balaban J connectivity index is 0.00000139. The summed E-state index contributed by atoms with van der Waals surface area (Å²) in [5.41, 5.74) is 2.67. The molecule has 0 fully saturated rings. The lowest BCUT2D eigenvalue weighted by Crippen LogP contribution is -2.34. The van der Waals surface area contributed by atoms with E-state index in [1.807, 2.05) is 69.0 Å². The van der Waals surface area contributed by atoms with Gasteiger partial charge in [0, 0.05) is 35.9 Å². The Morgan fingerprint density at radius 2 is 1.79 bits per heavy atom. The van der Waals surface area contributed by atoms with Crippen LogP contribution in [0.4, 0.5) is 5.69 Å². The second-order valence-electron chi connectivity index (χ2n) is 5.14. The van der Waals surface area contributed by atoms with Gasteiger partial charge in [-0.05, 0) is 49.7 Å². The van der Waals surface area contributed by atoms with Gasteiger partial charge >= 0.3 is 0 Å². The second kappa shape index (κ2) is 10.7. The number of anilines is 1. The molecular weight excluding hydrogens is 320 g/mol. The maximum absolute atomic E-state index is 12.5. The van der Waals surface area contributed by atoms with E-state index in [-0.39, 0.29) is 5.91 Å². The molecule has 2 rings (SSSR count). The van der Waals surface area contributed by atoms with Gasteiger partial charge in [-0.2, -0.15) is 0 Å². The van der Waals surface area contributed by atoms with Crippen LogP contribution in [0, 0.1) is 6.92 Å². The number of halogens is 1. The number of aryl methyl sites for hydroxylation is 1. The minimum absolute atomic E-state index is 0.0390. The molecule has 0 aliphatic heterocycles. The fraction of sp³-hybridized carbons (Fsp3) is 0.350. The quantitative estimate of drug-likeness (QED) is 0.774. The molecular formula is C20H27ClN2O. The van der Waals surface area contributed by atoms with Crippen LogP contribution in [-0.2, 0) is 0 Å². The number of carbonyl (C=O) groups excluding carboxylic acids is 1. The maximum Gasteiger partial charge on any atom is 0.253 e. The molecule has 0 saturated heterocycles. The standard InChI is InChI=1S/C18H21ClN2O.C2H6/c1-3-21(12-11-20-16-7-5-4-6-8-16)18(22)15-9-10-17(19)14(2)13-15;1-2/h4-10,13,20H,3,11-12H2,1-2H3;1-2H3. The Labute approximate surface area is 150 Å². The Morgan fingerprint density at radius 3 is 2.38 bits per heavy atom. The van der Waals surface area contributed by atoms with Crippen molar-refractivity contribution in [3.8, 4) is 0 Å². The number of hydrogen-bond acceptors (Lipinski definition) is 2. The average Bonchev–Trinajstić information content (AvgIpc) is 2.63. The Kier molecular flexibility index (Phi) is 8.95. The third-order valence-corrected chi connectivity index (χ3v) is 3.98. The van der Waals surface area contributed by atoms with Gasteiger partial charge in [0.2, 0.25) is 0 Å². The van der Waals surface area contributed by atoms with Crippen molar-refractivity contribution in [3.05, 3.63) is 64.7 Å². The summed E-state index contributed by atoms with van der Waals surface area (Å²) in [6.07, 6.45) is 0. The number of likely N-dealkylation sites (N-methyl/N-ethyl adjacent to an activating group) is 1. The van der Waals surface area contributed by atoms with E-state index in [1.54, 1.807) is 12.1 Å². The summed E-state index contributed by atoms with van der Waals surface area (Å²) in [6.45, 7) is 9.95. The smallest absolute Gasteiger partial charge is 0.253 e. The highest BCUT2D eigenvalue weighted by atomic mass is 35.5. The summed E-state index contributed by atoms with van der Waals surface area (Å²) >= 11 is 6.02. The third kappa shape index (κ3) is 5.89. The molecule has 0 aromatic heterocycles. The zero-order chi connectivity index (χ0) is 17.9. The molecule has 1 N–H and O–H groups in total. The molecule has 0 atom stereocenters. The topological polar surface area (TPSA) is 32.3 Å². The summed E-state index contributed by atoms with van der Waals surface area (Å²) in [7, 11) is 0. The van der Waals surface area contributed by atoms with Crippen LogP contribution >= 0.6 is 11.6 Å². The predicted molar refractivity (Wildman–Crippen MR) is 104 cm³/mol. The molecule has 130 valence electrons. The van der Waals surface area contributed by atoms with Crippen molar-refractivity contribution < 1.29 is 4.79 Å². The average molecular weight is 347 g/mol. The van der Waals surface area contributed by atoms with E-state index in [0.717, 1.165) is 17.8 Å². The van der Waals surface area contributed by atoms with Crippen molar-refractivity contribution >= 4 is 23.2 Å². The van der Waals surface area contributed by atoms with Crippen molar-refractivity contribution in [2.24, 2.45) is 0 Å². The number of rotatable bonds is 6. The van der Waals surface area contributed by atoms with Crippen LogP contribution in [0.25, 0.3) is 0 Å². The number of nitrogens with zero attached hydrogens (tertiary/aromatic N) is 1. The first kappa shape index (κ1) is 20.0. The first-order valence-electron chi connectivity index (χ1n) is 8.46. The number of hydrogen-bond donors (Lipinski definition) is 1. The number of carbonyl (C=O) groups is 1. The minimum Gasteiger partial charge on any atom is -0.383 e. The molecule has 0 heterocycles. The number of amides is 1. The van der Waals surface area contributed by atoms with E-state index >= 15 is 0 Å². The lowest BCUT2D eigenvalue weighted by Gasteiger charge is -2.21. The van der Waals surface area contributed by atoms with Gasteiger partial charge in [0.05, 0.1) is 0 Å². The van der Waals surface area contributed by atoms with E-state index in [2.05, 4.69) is 5.32 Å². The fourth-order valence-corrected chi connectivity index (χ4v) is 2.37. The van der Waals surface area contributed by atoms with Crippen LogP contribution in [0.5, 0.6) is 0 Å². The van der Waals surface area contributed by atoms with Gasteiger partial charge in [0.15, 0.2) is 0 Å². The van der Waals surface area contributed by atoms with Crippen LogP contribution in [-0.4, -0.2) is 30.4 Å². The lowest BCUT2D eigenvalue weighted by molar-refractivity contribution is 0.0770. The molecule has 0 aliphatic carbocycles. The summed E-state index contributed by atoms with van der Waals surface area (Å²) < 4.78 is 0. The summed E-state index contributed by atoms with van der Waals surface area (Å²) in [5, 5.41) is 4.01. The van der Waals surface area contributed by atoms with Gasteiger partial charge in [0.25, 0.3) is 5.91 Å². The lowest BCUT2D eigenvalue weighted by atomic mass is 10.1.